The van der Waals surface area contributed by atoms with Crippen LogP contribution in [0.3, 0.4) is 0 Å². The van der Waals surface area contributed by atoms with Crippen LogP contribution < -0.4 is 4.74 Å². The molecule has 0 aliphatic carbocycles. The standard InChI is InChI=1S/C16H26O3/c1-3-5-12-17-16(18-13-6-4-2)14-19-15-10-8-7-9-11-15/h7-11,16H,3-6,12-14H2,1-2H3. The summed E-state index contributed by atoms with van der Waals surface area (Å²) in [7, 11) is 0. The zero-order chi connectivity index (χ0) is 13.8. The SMILES string of the molecule is CCCCOC(COc1ccccc1)OCCCC. The molecular weight excluding hydrogens is 240 g/mol. The number of para-hydroxylation sites is 1. The molecule has 0 spiro atoms. The van der Waals surface area contributed by atoms with Crippen LogP contribution in [0.5, 0.6) is 5.75 Å². The molecule has 0 saturated heterocycles. The van der Waals surface area contributed by atoms with Crippen LogP contribution in [0.25, 0.3) is 0 Å². The van der Waals surface area contributed by atoms with Gasteiger partial charge in [0.15, 0.2) is 6.29 Å². The summed E-state index contributed by atoms with van der Waals surface area (Å²) in [5, 5.41) is 0. The number of benzene rings is 1. The van der Waals surface area contributed by atoms with E-state index in [9.17, 15) is 0 Å². The number of rotatable bonds is 11. The monoisotopic (exact) mass is 266 g/mol. The van der Waals surface area contributed by atoms with Crippen molar-refractivity contribution >= 4 is 0 Å². The van der Waals surface area contributed by atoms with Gasteiger partial charge in [-0.3, -0.25) is 0 Å². The molecule has 3 nitrogen and oxygen atoms in total. The summed E-state index contributed by atoms with van der Waals surface area (Å²) >= 11 is 0. The maximum Gasteiger partial charge on any atom is 0.191 e. The Morgan fingerprint density at radius 3 is 2.00 bits per heavy atom. The van der Waals surface area contributed by atoms with E-state index in [0.717, 1.165) is 44.6 Å². The van der Waals surface area contributed by atoms with Crippen molar-refractivity contribution in [1.82, 2.24) is 0 Å². The summed E-state index contributed by atoms with van der Waals surface area (Å²) in [5.74, 6) is 0.852. The summed E-state index contributed by atoms with van der Waals surface area (Å²) in [6, 6.07) is 9.77. The largest absolute Gasteiger partial charge is 0.488 e. The minimum atomic E-state index is -0.265. The Labute approximate surface area is 116 Å². The lowest BCUT2D eigenvalue weighted by Crippen LogP contribution is -2.26. The van der Waals surface area contributed by atoms with Crippen molar-refractivity contribution < 1.29 is 14.2 Å². The van der Waals surface area contributed by atoms with Crippen molar-refractivity contribution in [2.75, 3.05) is 19.8 Å². The van der Waals surface area contributed by atoms with Crippen LogP contribution in [0.4, 0.5) is 0 Å². The highest BCUT2D eigenvalue weighted by Gasteiger charge is 2.10. The van der Waals surface area contributed by atoms with Gasteiger partial charge in [-0.2, -0.15) is 0 Å². The van der Waals surface area contributed by atoms with Crippen LogP contribution in [0.1, 0.15) is 39.5 Å². The molecule has 0 aromatic heterocycles. The van der Waals surface area contributed by atoms with E-state index in [1.165, 1.54) is 0 Å². The maximum atomic E-state index is 5.70. The normalized spacial score (nSPS) is 10.9. The fourth-order valence-electron chi connectivity index (χ4n) is 1.54. The molecule has 1 rings (SSSR count). The topological polar surface area (TPSA) is 27.7 Å². The van der Waals surface area contributed by atoms with E-state index >= 15 is 0 Å². The third-order valence-corrected chi connectivity index (χ3v) is 2.73. The molecule has 108 valence electrons. The van der Waals surface area contributed by atoms with Gasteiger partial charge < -0.3 is 14.2 Å². The van der Waals surface area contributed by atoms with Gasteiger partial charge in [0.2, 0.25) is 0 Å². The van der Waals surface area contributed by atoms with Crippen molar-refractivity contribution in [3.05, 3.63) is 30.3 Å². The highest BCUT2D eigenvalue weighted by Crippen LogP contribution is 2.10. The highest BCUT2D eigenvalue weighted by molar-refractivity contribution is 5.20. The average Bonchev–Trinajstić information content (AvgIpc) is 2.45. The van der Waals surface area contributed by atoms with Gasteiger partial charge in [0.05, 0.1) is 0 Å². The number of unbranched alkanes of at least 4 members (excludes halogenated alkanes) is 2. The molecule has 19 heavy (non-hydrogen) atoms. The first-order valence-corrected chi connectivity index (χ1v) is 7.27. The van der Waals surface area contributed by atoms with Gasteiger partial charge in [-0.25, -0.2) is 0 Å². The van der Waals surface area contributed by atoms with E-state index in [0.29, 0.717) is 6.61 Å². The van der Waals surface area contributed by atoms with Gasteiger partial charge in [-0.05, 0) is 25.0 Å². The van der Waals surface area contributed by atoms with Crippen molar-refractivity contribution in [2.45, 2.75) is 45.8 Å². The van der Waals surface area contributed by atoms with Gasteiger partial charge in [0.25, 0.3) is 0 Å². The Morgan fingerprint density at radius 2 is 1.47 bits per heavy atom. The van der Waals surface area contributed by atoms with Crippen LogP contribution in [-0.4, -0.2) is 26.1 Å². The third kappa shape index (κ3) is 7.85. The molecule has 0 aliphatic rings. The number of hydrogen-bond donors (Lipinski definition) is 0. The van der Waals surface area contributed by atoms with Gasteiger partial charge in [-0.15, -0.1) is 0 Å². The quantitative estimate of drug-likeness (QED) is 0.447. The first-order valence-electron chi connectivity index (χ1n) is 7.27. The molecule has 1 aromatic rings. The Morgan fingerprint density at radius 1 is 0.895 bits per heavy atom. The molecular formula is C16H26O3. The van der Waals surface area contributed by atoms with Crippen molar-refractivity contribution in [1.29, 1.82) is 0 Å². The first-order chi connectivity index (χ1) is 9.36. The molecule has 1 aromatic carbocycles. The van der Waals surface area contributed by atoms with Gasteiger partial charge >= 0.3 is 0 Å². The number of ether oxygens (including phenoxy) is 3. The average molecular weight is 266 g/mol. The third-order valence-electron chi connectivity index (χ3n) is 2.73. The molecule has 0 fully saturated rings. The van der Waals surface area contributed by atoms with E-state index in [-0.39, 0.29) is 6.29 Å². The van der Waals surface area contributed by atoms with Crippen LogP contribution in [0.2, 0.25) is 0 Å². The molecule has 0 heterocycles. The second-order valence-corrected chi connectivity index (χ2v) is 4.50. The van der Waals surface area contributed by atoms with Crippen molar-refractivity contribution in [3.8, 4) is 5.75 Å². The van der Waals surface area contributed by atoms with Crippen molar-refractivity contribution in [2.24, 2.45) is 0 Å². The lowest BCUT2D eigenvalue weighted by molar-refractivity contribution is -0.159. The minimum absolute atomic E-state index is 0.265. The molecule has 3 heteroatoms. The van der Waals surface area contributed by atoms with Gasteiger partial charge in [0.1, 0.15) is 12.4 Å². The van der Waals surface area contributed by atoms with Crippen LogP contribution >= 0.6 is 0 Å². The van der Waals surface area contributed by atoms with E-state index in [1.807, 2.05) is 30.3 Å². The van der Waals surface area contributed by atoms with Crippen LogP contribution in [0, 0.1) is 0 Å². The van der Waals surface area contributed by atoms with Gasteiger partial charge in [0, 0.05) is 13.2 Å². The summed E-state index contributed by atoms with van der Waals surface area (Å²) in [4.78, 5) is 0. The second-order valence-electron chi connectivity index (χ2n) is 4.50. The molecule has 0 unspecified atom stereocenters. The maximum absolute atomic E-state index is 5.70. The zero-order valence-corrected chi connectivity index (χ0v) is 12.1. The van der Waals surface area contributed by atoms with Crippen LogP contribution in [-0.2, 0) is 9.47 Å². The highest BCUT2D eigenvalue weighted by atomic mass is 16.7. The Hall–Kier alpha value is -1.06. The molecule has 0 radical (unpaired) electrons. The van der Waals surface area contributed by atoms with Crippen molar-refractivity contribution in [3.63, 3.8) is 0 Å². The molecule has 0 amide bonds. The van der Waals surface area contributed by atoms with Crippen LogP contribution in [0.15, 0.2) is 30.3 Å². The van der Waals surface area contributed by atoms with E-state index in [1.54, 1.807) is 0 Å². The zero-order valence-electron chi connectivity index (χ0n) is 12.1. The minimum Gasteiger partial charge on any atom is -0.488 e. The molecule has 0 atom stereocenters. The Balaban J connectivity index is 2.30. The molecule has 0 aliphatic heterocycles. The molecule has 0 bridgehead atoms. The molecule has 0 saturated carbocycles. The van der Waals surface area contributed by atoms with Gasteiger partial charge in [-0.1, -0.05) is 44.9 Å². The fourth-order valence-corrected chi connectivity index (χ4v) is 1.54. The lowest BCUT2D eigenvalue weighted by atomic mass is 10.3. The summed E-state index contributed by atoms with van der Waals surface area (Å²) in [6.45, 7) is 6.20. The fraction of sp³-hybridized carbons (Fsp3) is 0.625. The lowest BCUT2D eigenvalue weighted by Gasteiger charge is -2.19. The number of hydrogen-bond acceptors (Lipinski definition) is 3. The smallest absolute Gasteiger partial charge is 0.191 e. The summed E-state index contributed by atoms with van der Waals surface area (Å²) < 4.78 is 17.1. The Bertz CT molecular complexity index is 290. The van der Waals surface area contributed by atoms with E-state index < -0.39 is 0 Å². The first kappa shape index (κ1) is 16.0. The van der Waals surface area contributed by atoms with E-state index in [4.69, 9.17) is 14.2 Å². The van der Waals surface area contributed by atoms with E-state index in [2.05, 4.69) is 13.8 Å². The predicted molar refractivity (Wildman–Crippen MR) is 77.4 cm³/mol. The summed E-state index contributed by atoms with van der Waals surface area (Å²) in [5.41, 5.74) is 0. The molecule has 0 N–H and O–H groups in total. The Kier molecular flexibility index (Phi) is 9.11. The predicted octanol–water partition coefficient (Wildman–Crippen LogP) is 4.02. The summed E-state index contributed by atoms with van der Waals surface area (Å²) in [6.07, 6.45) is 4.10. The second kappa shape index (κ2) is 10.8.